The largest absolute Gasteiger partial charge is 0.460 e. The van der Waals surface area contributed by atoms with Crippen LogP contribution in [0.2, 0.25) is 5.02 Å². The highest BCUT2D eigenvalue weighted by molar-refractivity contribution is 7.10. The molecule has 1 atom stereocenters. The van der Waals surface area contributed by atoms with E-state index in [-0.39, 0.29) is 23.8 Å². The number of hydrogen-bond acceptors (Lipinski definition) is 5. The van der Waals surface area contributed by atoms with E-state index in [9.17, 15) is 9.59 Å². The number of aromatic amines is 1. The Morgan fingerprint density at radius 1 is 1.29 bits per heavy atom. The SMILES string of the molecule is O=C(OCC(c1ccccc1Cl)N1CCc2ccsc2C1)c1cc[nH]c(=O)c1. The molecule has 0 amide bonds. The number of carbonyl (C=O) groups is 1. The Balaban J connectivity index is 1.56. The maximum Gasteiger partial charge on any atom is 0.338 e. The first kappa shape index (κ1) is 18.9. The monoisotopic (exact) mass is 414 g/mol. The molecule has 1 aromatic carbocycles. The van der Waals surface area contributed by atoms with Gasteiger partial charge >= 0.3 is 5.97 Å². The van der Waals surface area contributed by atoms with Gasteiger partial charge in [-0.05, 0) is 41.1 Å². The normalized spacial score (nSPS) is 15.0. The van der Waals surface area contributed by atoms with Crippen molar-refractivity contribution in [3.8, 4) is 0 Å². The van der Waals surface area contributed by atoms with Crippen molar-refractivity contribution in [3.05, 3.63) is 91.0 Å². The summed E-state index contributed by atoms with van der Waals surface area (Å²) in [5, 5.41) is 2.77. The second-order valence-electron chi connectivity index (χ2n) is 6.67. The summed E-state index contributed by atoms with van der Waals surface area (Å²) in [6, 6.07) is 12.4. The first-order valence-corrected chi connectivity index (χ1v) is 10.3. The Kier molecular flexibility index (Phi) is 5.62. The lowest BCUT2D eigenvalue weighted by molar-refractivity contribution is 0.0327. The van der Waals surface area contributed by atoms with E-state index in [1.165, 1.54) is 28.8 Å². The molecule has 144 valence electrons. The van der Waals surface area contributed by atoms with E-state index in [2.05, 4.69) is 21.3 Å². The van der Waals surface area contributed by atoms with Crippen LogP contribution in [0.15, 0.2) is 58.8 Å². The van der Waals surface area contributed by atoms with Gasteiger partial charge in [0.2, 0.25) is 5.56 Å². The molecular weight excluding hydrogens is 396 g/mol. The molecule has 4 rings (SSSR count). The van der Waals surface area contributed by atoms with Crippen molar-refractivity contribution in [1.82, 2.24) is 9.88 Å². The number of aromatic nitrogens is 1. The molecule has 5 nitrogen and oxygen atoms in total. The Morgan fingerprint density at radius 2 is 2.14 bits per heavy atom. The van der Waals surface area contributed by atoms with Crippen LogP contribution in [0.25, 0.3) is 0 Å². The summed E-state index contributed by atoms with van der Waals surface area (Å²) in [7, 11) is 0. The first-order chi connectivity index (χ1) is 13.6. The Bertz CT molecular complexity index is 1050. The van der Waals surface area contributed by atoms with E-state index in [0.717, 1.165) is 25.1 Å². The number of fused-ring (bicyclic) bond motifs is 1. The molecule has 3 heterocycles. The molecule has 0 radical (unpaired) electrons. The van der Waals surface area contributed by atoms with Crippen LogP contribution in [0.4, 0.5) is 0 Å². The smallest absolute Gasteiger partial charge is 0.338 e. The topological polar surface area (TPSA) is 62.4 Å². The molecule has 1 N–H and O–H groups in total. The third kappa shape index (κ3) is 4.04. The fourth-order valence-corrected chi connectivity index (χ4v) is 4.69. The van der Waals surface area contributed by atoms with E-state index in [1.54, 1.807) is 11.3 Å². The van der Waals surface area contributed by atoms with Crippen LogP contribution in [-0.2, 0) is 17.7 Å². The lowest BCUT2D eigenvalue weighted by Gasteiger charge is -2.34. The molecule has 1 aliphatic rings. The second kappa shape index (κ2) is 8.31. The van der Waals surface area contributed by atoms with Gasteiger partial charge in [0.05, 0.1) is 11.6 Å². The van der Waals surface area contributed by atoms with E-state index in [0.29, 0.717) is 5.02 Å². The standard InChI is InChI=1S/C21H19ClN2O3S/c22-17-4-2-1-3-16(17)18(24-9-6-14-7-10-28-19(14)12-24)13-27-21(26)15-5-8-23-20(25)11-15/h1-5,7-8,10-11,18H,6,9,12-13H2,(H,23,25). The lowest BCUT2D eigenvalue weighted by atomic mass is 10.0. The molecule has 3 aromatic rings. The fourth-order valence-electron chi connectivity index (χ4n) is 3.47. The van der Waals surface area contributed by atoms with Gasteiger partial charge in [-0.1, -0.05) is 29.8 Å². The lowest BCUT2D eigenvalue weighted by Crippen LogP contribution is -2.36. The van der Waals surface area contributed by atoms with Crippen molar-refractivity contribution < 1.29 is 9.53 Å². The van der Waals surface area contributed by atoms with Gasteiger partial charge in [-0.2, -0.15) is 0 Å². The summed E-state index contributed by atoms with van der Waals surface area (Å²) in [6.07, 6.45) is 2.40. The van der Waals surface area contributed by atoms with E-state index in [1.807, 2.05) is 24.3 Å². The minimum absolute atomic E-state index is 0.158. The number of benzene rings is 1. The maximum absolute atomic E-state index is 12.4. The van der Waals surface area contributed by atoms with Gasteiger partial charge in [0, 0.05) is 35.3 Å². The number of ether oxygens (including phenoxy) is 1. The molecular formula is C21H19ClN2O3S. The molecule has 28 heavy (non-hydrogen) atoms. The van der Waals surface area contributed by atoms with Gasteiger partial charge in [-0.15, -0.1) is 11.3 Å². The van der Waals surface area contributed by atoms with Crippen molar-refractivity contribution in [2.75, 3.05) is 13.2 Å². The average Bonchev–Trinajstić information content (AvgIpc) is 3.17. The summed E-state index contributed by atoms with van der Waals surface area (Å²) in [5.41, 5.74) is 2.22. The summed E-state index contributed by atoms with van der Waals surface area (Å²) < 4.78 is 5.59. The van der Waals surface area contributed by atoms with Crippen LogP contribution < -0.4 is 5.56 Å². The quantitative estimate of drug-likeness (QED) is 0.640. The number of carbonyl (C=O) groups excluding carboxylic acids is 1. The highest BCUT2D eigenvalue weighted by atomic mass is 35.5. The van der Waals surface area contributed by atoms with Crippen LogP contribution >= 0.6 is 22.9 Å². The summed E-state index contributed by atoms with van der Waals surface area (Å²) in [4.78, 5) is 30.0. The number of H-pyrrole nitrogens is 1. The number of nitrogens with zero attached hydrogens (tertiary/aromatic N) is 1. The van der Waals surface area contributed by atoms with Gasteiger partial charge in [0.1, 0.15) is 6.61 Å². The molecule has 0 fully saturated rings. The fraction of sp³-hybridized carbons (Fsp3) is 0.238. The molecule has 1 aliphatic heterocycles. The molecule has 7 heteroatoms. The Morgan fingerprint density at radius 3 is 2.96 bits per heavy atom. The van der Waals surface area contributed by atoms with Crippen molar-refractivity contribution in [2.45, 2.75) is 19.0 Å². The Hall–Kier alpha value is -2.41. The second-order valence-corrected chi connectivity index (χ2v) is 8.07. The van der Waals surface area contributed by atoms with Crippen LogP contribution in [0.5, 0.6) is 0 Å². The Labute approximate surface area is 171 Å². The number of nitrogens with one attached hydrogen (secondary N) is 1. The average molecular weight is 415 g/mol. The van der Waals surface area contributed by atoms with Crippen molar-refractivity contribution in [3.63, 3.8) is 0 Å². The predicted molar refractivity (Wildman–Crippen MR) is 110 cm³/mol. The number of thiophene rings is 1. The van der Waals surface area contributed by atoms with Crippen molar-refractivity contribution in [1.29, 1.82) is 0 Å². The van der Waals surface area contributed by atoms with Gasteiger partial charge in [-0.25, -0.2) is 4.79 Å². The van der Waals surface area contributed by atoms with Gasteiger partial charge in [-0.3, -0.25) is 9.69 Å². The molecule has 1 unspecified atom stereocenters. The van der Waals surface area contributed by atoms with E-state index >= 15 is 0 Å². The third-order valence-electron chi connectivity index (χ3n) is 4.94. The number of hydrogen-bond donors (Lipinski definition) is 1. The number of halogens is 1. The number of rotatable bonds is 5. The van der Waals surface area contributed by atoms with Crippen LogP contribution in [-0.4, -0.2) is 29.0 Å². The molecule has 2 aromatic heterocycles. The van der Waals surface area contributed by atoms with Crippen LogP contribution in [0, 0.1) is 0 Å². The van der Waals surface area contributed by atoms with Crippen molar-refractivity contribution >= 4 is 28.9 Å². The van der Waals surface area contributed by atoms with Crippen molar-refractivity contribution in [2.24, 2.45) is 0 Å². The van der Waals surface area contributed by atoms with E-state index in [4.69, 9.17) is 16.3 Å². The molecule has 0 saturated carbocycles. The molecule has 0 bridgehead atoms. The zero-order chi connectivity index (χ0) is 19.5. The van der Waals surface area contributed by atoms with Gasteiger partial charge in [0.15, 0.2) is 0 Å². The minimum atomic E-state index is -0.517. The molecule has 0 saturated heterocycles. The third-order valence-corrected chi connectivity index (χ3v) is 6.23. The van der Waals surface area contributed by atoms with E-state index < -0.39 is 5.97 Å². The summed E-state index contributed by atoms with van der Waals surface area (Å²) in [6.45, 7) is 1.82. The first-order valence-electron chi connectivity index (χ1n) is 9.01. The van der Waals surface area contributed by atoms with Gasteiger partial charge < -0.3 is 9.72 Å². The zero-order valence-electron chi connectivity index (χ0n) is 15.1. The summed E-state index contributed by atoms with van der Waals surface area (Å²) in [5.74, 6) is -0.517. The minimum Gasteiger partial charge on any atom is -0.460 e. The molecule has 0 aliphatic carbocycles. The maximum atomic E-state index is 12.4. The highest BCUT2D eigenvalue weighted by Crippen LogP contribution is 2.33. The highest BCUT2D eigenvalue weighted by Gasteiger charge is 2.28. The van der Waals surface area contributed by atoms with Crippen LogP contribution in [0.3, 0.4) is 0 Å². The predicted octanol–water partition coefficient (Wildman–Crippen LogP) is 4.05. The van der Waals surface area contributed by atoms with Crippen LogP contribution in [0.1, 0.15) is 32.4 Å². The zero-order valence-corrected chi connectivity index (χ0v) is 16.6. The summed E-state index contributed by atoms with van der Waals surface area (Å²) >= 11 is 8.21. The number of pyridine rings is 1. The number of esters is 1. The van der Waals surface area contributed by atoms with Gasteiger partial charge in [0.25, 0.3) is 0 Å². The molecule has 0 spiro atoms.